The number of rotatable bonds is 5. The van der Waals surface area contributed by atoms with E-state index < -0.39 is 4.92 Å². The Morgan fingerprint density at radius 1 is 1.42 bits per heavy atom. The van der Waals surface area contributed by atoms with Crippen molar-refractivity contribution in [1.82, 2.24) is 20.2 Å². The van der Waals surface area contributed by atoms with Gasteiger partial charge in [-0.25, -0.2) is 4.68 Å². The minimum Gasteiger partial charge on any atom is -0.311 e. The summed E-state index contributed by atoms with van der Waals surface area (Å²) in [7, 11) is 0. The number of nitro groups is 1. The predicted octanol–water partition coefficient (Wildman–Crippen LogP) is 1.60. The highest BCUT2D eigenvalue weighted by molar-refractivity contribution is 7.99. The standard InChI is InChI=1S/C14H14N6O3S/c21-13(8-24-14-15-16-17-19(14)10-3-4-10)18-6-5-9-1-2-11(20(22)23)7-12(9)18/h1-2,7,10H,3-6,8H2. The summed E-state index contributed by atoms with van der Waals surface area (Å²) in [6, 6.07) is 5.03. The highest BCUT2D eigenvalue weighted by atomic mass is 32.2. The van der Waals surface area contributed by atoms with Crippen LogP contribution in [-0.4, -0.2) is 43.3 Å². The Labute approximate surface area is 141 Å². The third kappa shape index (κ3) is 2.73. The summed E-state index contributed by atoms with van der Waals surface area (Å²) in [4.78, 5) is 24.6. The van der Waals surface area contributed by atoms with Gasteiger partial charge in [0.1, 0.15) is 0 Å². The molecule has 0 bridgehead atoms. The van der Waals surface area contributed by atoms with E-state index in [1.165, 1.54) is 23.9 Å². The summed E-state index contributed by atoms with van der Waals surface area (Å²) < 4.78 is 1.76. The molecule has 2 aromatic rings. The molecule has 1 amide bonds. The smallest absolute Gasteiger partial charge is 0.271 e. The lowest BCUT2D eigenvalue weighted by atomic mass is 10.1. The van der Waals surface area contributed by atoms with Crippen LogP contribution in [0.4, 0.5) is 11.4 Å². The van der Waals surface area contributed by atoms with Gasteiger partial charge in [0.2, 0.25) is 11.1 Å². The maximum absolute atomic E-state index is 12.5. The van der Waals surface area contributed by atoms with Crippen LogP contribution in [0.5, 0.6) is 0 Å². The van der Waals surface area contributed by atoms with E-state index in [2.05, 4.69) is 15.5 Å². The Bertz CT molecular complexity index is 819. The fourth-order valence-corrected chi connectivity index (χ4v) is 3.59. The van der Waals surface area contributed by atoms with Crippen molar-refractivity contribution >= 4 is 29.0 Å². The number of carbonyl (C=O) groups excluding carboxylic acids is 1. The van der Waals surface area contributed by atoms with Crippen LogP contribution in [-0.2, 0) is 11.2 Å². The molecule has 1 aliphatic carbocycles. The summed E-state index contributed by atoms with van der Waals surface area (Å²) in [6.45, 7) is 0.545. The Morgan fingerprint density at radius 2 is 2.25 bits per heavy atom. The molecule has 1 aliphatic heterocycles. The first-order valence-corrected chi connectivity index (χ1v) is 8.60. The van der Waals surface area contributed by atoms with Crippen LogP contribution in [0.1, 0.15) is 24.4 Å². The molecule has 2 aliphatic rings. The first-order chi connectivity index (χ1) is 11.6. The molecule has 0 saturated heterocycles. The molecular weight excluding hydrogens is 332 g/mol. The van der Waals surface area contributed by atoms with E-state index in [1.807, 2.05) is 0 Å². The Balaban J connectivity index is 1.47. The minimum absolute atomic E-state index is 0.00113. The highest BCUT2D eigenvalue weighted by Gasteiger charge is 2.30. The number of carbonyl (C=O) groups is 1. The molecule has 24 heavy (non-hydrogen) atoms. The van der Waals surface area contributed by atoms with Crippen molar-refractivity contribution in [1.29, 1.82) is 0 Å². The van der Waals surface area contributed by atoms with Crippen LogP contribution in [0, 0.1) is 10.1 Å². The molecule has 124 valence electrons. The van der Waals surface area contributed by atoms with Crippen molar-refractivity contribution in [2.24, 2.45) is 0 Å². The number of aromatic nitrogens is 4. The van der Waals surface area contributed by atoms with Crippen LogP contribution in [0.2, 0.25) is 0 Å². The molecule has 0 radical (unpaired) electrons. The molecule has 0 spiro atoms. The van der Waals surface area contributed by atoms with Gasteiger partial charge in [-0.15, -0.1) is 5.10 Å². The van der Waals surface area contributed by atoms with E-state index in [0.29, 0.717) is 29.9 Å². The lowest BCUT2D eigenvalue weighted by Crippen LogP contribution is -2.30. The van der Waals surface area contributed by atoms with Crippen LogP contribution < -0.4 is 4.90 Å². The highest BCUT2D eigenvalue weighted by Crippen LogP contribution is 2.37. The van der Waals surface area contributed by atoms with Gasteiger partial charge in [-0.05, 0) is 35.3 Å². The Kier molecular flexibility index (Phi) is 3.68. The predicted molar refractivity (Wildman–Crippen MR) is 86.0 cm³/mol. The molecule has 1 aromatic carbocycles. The average Bonchev–Trinajstić information content (AvgIpc) is 3.16. The second-order valence-electron chi connectivity index (χ2n) is 5.79. The van der Waals surface area contributed by atoms with Gasteiger partial charge >= 0.3 is 0 Å². The molecule has 1 fully saturated rings. The van der Waals surface area contributed by atoms with Gasteiger partial charge in [0, 0.05) is 18.7 Å². The fourth-order valence-electron chi connectivity index (χ4n) is 2.77. The quantitative estimate of drug-likeness (QED) is 0.460. The van der Waals surface area contributed by atoms with E-state index in [4.69, 9.17) is 0 Å². The van der Waals surface area contributed by atoms with E-state index in [9.17, 15) is 14.9 Å². The van der Waals surface area contributed by atoms with Crippen molar-refractivity contribution in [3.8, 4) is 0 Å². The van der Waals surface area contributed by atoms with Crippen molar-refractivity contribution in [3.05, 3.63) is 33.9 Å². The fraction of sp³-hybridized carbons (Fsp3) is 0.429. The first-order valence-electron chi connectivity index (χ1n) is 7.62. The molecule has 4 rings (SSSR count). The number of amides is 1. The number of fused-ring (bicyclic) bond motifs is 1. The zero-order valence-corrected chi connectivity index (χ0v) is 13.5. The molecule has 2 heterocycles. The second kappa shape index (κ2) is 5.86. The van der Waals surface area contributed by atoms with Gasteiger partial charge in [0.15, 0.2) is 0 Å². The number of anilines is 1. The average molecular weight is 346 g/mol. The van der Waals surface area contributed by atoms with Crippen molar-refractivity contribution in [2.45, 2.75) is 30.5 Å². The molecular formula is C14H14N6O3S. The summed E-state index contributed by atoms with van der Waals surface area (Å²) in [6.07, 6.45) is 2.84. The van der Waals surface area contributed by atoms with E-state index in [0.717, 1.165) is 18.4 Å². The van der Waals surface area contributed by atoms with E-state index in [1.54, 1.807) is 15.6 Å². The van der Waals surface area contributed by atoms with Crippen molar-refractivity contribution in [3.63, 3.8) is 0 Å². The van der Waals surface area contributed by atoms with Gasteiger partial charge in [0.05, 0.1) is 22.4 Å². The zero-order valence-electron chi connectivity index (χ0n) is 12.7. The van der Waals surface area contributed by atoms with Gasteiger partial charge in [-0.3, -0.25) is 14.9 Å². The minimum atomic E-state index is -0.445. The van der Waals surface area contributed by atoms with Gasteiger partial charge in [0.25, 0.3) is 5.69 Å². The maximum atomic E-state index is 12.5. The second-order valence-corrected chi connectivity index (χ2v) is 6.73. The van der Waals surface area contributed by atoms with E-state index in [-0.39, 0.29) is 17.3 Å². The number of hydrogen-bond donors (Lipinski definition) is 0. The maximum Gasteiger partial charge on any atom is 0.271 e. The molecule has 1 aromatic heterocycles. The Morgan fingerprint density at radius 3 is 3.00 bits per heavy atom. The lowest BCUT2D eigenvalue weighted by molar-refractivity contribution is -0.384. The molecule has 1 saturated carbocycles. The van der Waals surface area contributed by atoms with E-state index >= 15 is 0 Å². The van der Waals surface area contributed by atoms with Crippen molar-refractivity contribution < 1.29 is 9.72 Å². The third-order valence-electron chi connectivity index (χ3n) is 4.16. The van der Waals surface area contributed by atoms with Gasteiger partial charge < -0.3 is 4.90 Å². The zero-order chi connectivity index (χ0) is 16.7. The lowest BCUT2D eigenvalue weighted by Gasteiger charge is -2.16. The number of benzene rings is 1. The third-order valence-corrected chi connectivity index (χ3v) is 5.07. The monoisotopic (exact) mass is 346 g/mol. The molecule has 10 heteroatoms. The number of nitro benzene ring substituents is 1. The molecule has 0 N–H and O–H groups in total. The van der Waals surface area contributed by atoms with Gasteiger partial charge in [-0.2, -0.15) is 0 Å². The van der Waals surface area contributed by atoms with Crippen molar-refractivity contribution in [2.75, 3.05) is 17.2 Å². The van der Waals surface area contributed by atoms with Crippen LogP contribution in [0.15, 0.2) is 23.4 Å². The molecule has 0 unspecified atom stereocenters. The number of non-ortho nitro benzene ring substituents is 1. The molecule has 9 nitrogen and oxygen atoms in total. The first kappa shape index (κ1) is 15.1. The summed E-state index contributed by atoms with van der Waals surface area (Å²) in [5.74, 6) is 0.111. The number of thioether (sulfide) groups is 1. The SMILES string of the molecule is O=C(CSc1nnnn1C1CC1)N1CCc2ccc([N+](=O)[O-])cc21. The largest absolute Gasteiger partial charge is 0.311 e. The normalized spacial score (nSPS) is 16.2. The number of nitrogens with zero attached hydrogens (tertiary/aromatic N) is 6. The molecule has 0 atom stereocenters. The number of hydrogen-bond acceptors (Lipinski definition) is 7. The van der Waals surface area contributed by atoms with Crippen LogP contribution in [0.25, 0.3) is 0 Å². The summed E-state index contributed by atoms with van der Waals surface area (Å²) in [5.41, 5.74) is 1.59. The summed E-state index contributed by atoms with van der Waals surface area (Å²) in [5, 5.41) is 23.2. The van der Waals surface area contributed by atoms with Crippen LogP contribution >= 0.6 is 11.8 Å². The van der Waals surface area contributed by atoms with Gasteiger partial charge in [-0.1, -0.05) is 17.8 Å². The number of tetrazole rings is 1. The topological polar surface area (TPSA) is 107 Å². The Hall–Kier alpha value is -2.49. The summed E-state index contributed by atoms with van der Waals surface area (Å²) >= 11 is 1.30. The van der Waals surface area contributed by atoms with Crippen LogP contribution in [0.3, 0.4) is 0 Å².